The van der Waals surface area contributed by atoms with Crippen LogP contribution in [0.25, 0.3) is 11.2 Å². The number of aliphatic hydroxyl groups excluding tert-OH is 1. The Morgan fingerprint density at radius 1 is 1.19 bits per heavy atom. The Morgan fingerprint density at radius 2 is 1.90 bits per heavy atom. The Bertz CT molecular complexity index is 1120. The molecule has 3 N–H and O–H groups in total. The maximum Gasteiger partial charge on any atom is 0.329 e. The number of hydrogen-bond donors (Lipinski definition) is 3. The number of hydrogen-bond acceptors (Lipinski definition) is 7. The molecule has 3 rings (SSSR count). The van der Waals surface area contributed by atoms with Crippen molar-refractivity contribution in [2.75, 3.05) is 25.6 Å². The maximum atomic E-state index is 12.5. The summed E-state index contributed by atoms with van der Waals surface area (Å²) in [7, 11) is 3.13. The van der Waals surface area contributed by atoms with Gasteiger partial charge in [0.25, 0.3) is 5.56 Å². The molecule has 3 aromatic rings. The summed E-state index contributed by atoms with van der Waals surface area (Å²) in [5.74, 6) is 1.73. The lowest BCUT2D eigenvalue weighted by molar-refractivity contribution is 0.0938. The Kier molecular flexibility index (Phi) is 7.35. The normalized spacial score (nSPS) is 12.1. The fraction of sp³-hybridized carbons (Fsp3) is 0.476. The van der Waals surface area contributed by atoms with E-state index in [2.05, 4.69) is 22.2 Å². The number of H-pyrrole nitrogens is 1. The van der Waals surface area contributed by atoms with Gasteiger partial charge in [-0.05, 0) is 30.7 Å². The molecule has 1 atom stereocenters. The number of rotatable bonds is 11. The van der Waals surface area contributed by atoms with Gasteiger partial charge in [0, 0.05) is 13.6 Å². The lowest BCUT2D eigenvalue weighted by Gasteiger charge is -2.16. The van der Waals surface area contributed by atoms with E-state index in [4.69, 9.17) is 9.47 Å². The minimum absolute atomic E-state index is 0.0188. The Labute approximate surface area is 179 Å². The van der Waals surface area contributed by atoms with E-state index in [0.717, 1.165) is 19.3 Å². The summed E-state index contributed by atoms with van der Waals surface area (Å²) in [5, 5.41) is 13.8. The molecular formula is C21H29N5O5. The zero-order valence-corrected chi connectivity index (χ0v) is 18.1. The van der Waals surface area contributed by atoms with Gasteiger partial charge in [0.1, 0.15) is 24.2 Å². The van der Waals surface area contributed by atoms with E-state index in [0.29, 0.717) is 24.0 Å². The summed E-state index contributed by atoms with van der Waals surface area (Å²) >= 11 is 0. The molecule has 2 aromatic heterocycles. The molecule has 0 radical (unpaired) electrons. The highest BCUT2D eigenvalue weighted by atomic mass is 16.5. The third kappa shape index (κ3) is 5.26. The highest BCUT2D eigenvalue weighted by molar-refractivity contribution is 5.74. The number of methoxy groups -OCH3 is 1. The molecule has 1 aromatic carbocycles. The van der Waals surface area contributed by atoms with Gasteiger partial charge in [-0.15, -0.1) is 0 Å². The van der Waals surface area contributed by atoms with Gasteiger partial charge in [0.15, 0.2) is 11.2 Å². The standard InChI is InChI=1S/C21H29N5O5/c1-4-5-6-11-22-20-23-18-17(19(28)24-21(29)25(18)2)26(20)12-14(27)13-31-16-9-7-15(30-3)8-10-16/h7-10,14,27H,4-6,11-13H2,1-3H3,(H,22,23)(H,24,28,29)/t14-/m1/s1. The van der Waals surface area contributed by atoms with E-state index in [1.807, 2.05) is 0 Å². The number of unbranched alkanes of at least 4 members (excludes halogenated alkanes) is 2. The first-order chi connectivity index (χ1) is 14.9. The lowest BCUT2D eigenvalue weighted by Crippen LogP contribution is -2.31. The molecule has 0 amide bonds. The zero-order chi connectivity index (χ0) is 22.4. The predicted molar refractivity (Wildman–Crippen MR) is 118 cm³/mol. The van der Waals surface area contributed by atoms with Crippen LogP contribution in [0.15, 0.2) is 33.9 Å². The van der Waals surface area contributed by atoms with Gasteiger partial charge in [-0.25, -0.2) is 4.79 Å². The van der Waals surface area contributed by atoms with E-state index in [-0.39, 0.29) is 24.3 Å². The van der Waals surface area contributed by atoms with Crippen molar-refractivity contribution >= 4 is 17.1 Å². The van der Waals surface area contributed by atoms with E-state index >= 15 is 0 Å². The predicted octanol–water partition coefficient (Wildman–Crippen LogP) is 1.47. The molecule has 0 saturated carbocycles. The van der Waals surface area contributed by atoms with Crippen LogP contribution < -0.4 is 26.0 Å². The van der Waals surface area contributed by atoms with Crippen LogP contribution in [0.5, 0.6) is 11.5 Å². The average molecular weight is 431 g/mol. The van der Waals surface area contributed by atoms with Gasteiger partial charge in [0.05, 0.1) is 13.7 Å². The third-order valence-corrected chi connectivity index (χ3v) is 4.97. The van der Waals surface area contributed by atoms with Crippen molar-refractivity contribution in [1.82, 2.24) is 19.1 Å². The number of imidazole rings is 1. The highest BCUT2D eigenvalue weighted by Gasteiger charge is 2.19. The molecule has 0 unspecified atom stereocenters. The van der Waals surface area contributed by atoms with Crippen LogP contribution in [0.2, 0.25) is 0 Å². The third-order valence-electron chi connectivity index (χ3n) is 4.97. The lowest BCUT2D eigenvalue weighted by atomic mass is 10.2. The van der Waals surface area contributed by atoms with E-state index in [9.17, 15) is 14.7 Å². The van der Waals surface area contributed by atoms with E-state index in [1.54, 1.807) is 43.0 Å². The second-order valence-corrected chi connectivity index (χ2v) is 7.31. The molecule has 2 heterocycles. The summed E-state index contributed by atoms with van der Waals surface area (Å²) in [6.45, 7) is 2.88. The van der Waals surface area contributed by atoms with Gasteiger partial charge in [-0.3, -0.25) is 14.3 Å². The van der Waals surface area contributed by atoms with Crippen molar-refractivity contribution in [2.24, 2.45) is 7.05 Å². The fourth-order valence-corrected chi connectivity index (χ4v) is 3.25. The largest absolute Gasteiger partial charge is 0.497 e. The number of nitrogens with one attached hydrogen (secondary N) is 2. The summed E-state index contributed by atoms with van der Waals surface area (Å²) in [6, 6.07) is 7.03. The molecular weight excluding hydrogens is 402 g/mol. The molecule has 0 saturated heterocycles. The summed E-state index contributed by atoms with van der Waals surface area (Å²) in [5.41, 5.74) is -0.600. The first-order valence-electron chi connectivity index (χ1n) is 10.3. The van der Waals surface area contributed by atoms with Crippen LogP contribution in [0, 0.1) is 0 Å². The van der Waals surface area contributed by atoms with Crippen molar-refractivity contribution in [2.45, 2.75) is 38.8 Å². The first kappa shape index (κ1) is 22.4. The molecule has 10 heteroatoms. The molecule has 0 bridgehead atoms. The number of aliphatic hydroxyl groups is 1. The topological polar surface area (TPSA) is 123 Å². The molecule has 0 fully saturated rings. The van der Waals surface area contributed by atoms with Crippen LogP contribution in [-0.4, -0.2) is 50.6 Å². The number of nitrogens with zero attached hydrogens (tertiary/aromatic N) is 3. The Hall–Kier alpha value is -3.27. The number of fused-ring (bicyclic) bond motifs is 1. The van der Waals surface area contributed by atoms with Gasteiger partial charge < -0.3 is 24.5 Å². The fourth-order valence-electron chi connectivity index (χ4n) is 3.25. The number of aromatic nitrogens is 4. The summed E-state index contributed by atoms with van der Waals surface area (Å²) in [6.07, 6.45) is 2.17. The molecule has 10 nitrogen and oxygen atoms in total. The zero-order valence-electron chi connectivity index (χ0n) is 18.1. The first-order valence-corrected chi connectivity index (χ1v) is 10.3. The Morgan fingerprint density at radius 3 is 2.58 bits per heavy atom. The molecule has 0 aliphatic rings. The monoisotopic (exact) mass is 431 g/mol. The van der Waals surface area contributed by atoms with E-state index < -0.39 is 17.4 Å². The maximum absolute atomic E-state index is 12.5. The van der Waals surface area contributed by atoms with Gasteiger partial charge in [-0.2, -0.15) is 4.98 Å². The number of aryl methyl sites for hydroxylation is 1. The quantitative estimate of drug-likeness (QED) is 0.393. The minimum Gasteiger partial charge on any atom is -0.497 e. The Balaban J connectivity index is 1.81. The van der Waals surface area contributed by atoms with Crippen LogP contribution in [-0.2, 0) is 13.6 Å². The van der Waals surface area contributed by atoms with Gasteiger partial charge >= 0.3 is 5.69 Å². The molecule has 0 aliphatic carbocycles. The van der Waals surface area contributed by atoms with Crippen molar-refractivity contribution in [3.8, 4) is 11.5 Å². The van der Waals surface area contributed by atoms with Crippen LogP contribution in [0.3, 0.4) is 0 Å². The number of ether oxygens (including phenoxy) is 2. The molecule has 0 spiro atoms. The highest BCUT2D eigenvalue weighted by Crippen LogP contribution is 2.19. The van der Waals surface area contributed by atoms with Gasteiger partial charge in [0.2, 0.25) is 5.95 Å². The van der Waals surface area contributed by atoms with Crippen molar-refractivity contribution < 1.29 is 14.6 Å². The number of anilines is 1. The minimum atomic E-state index is -0.910. The SMILES string of the molecule is CCCCCNc1nc2c(c(=O)[nH]c(=O)n2C)n1C[C@@H](O)COc1ccc(OC)cc1. The molecule has 31 heavy (non-hydrogen) atoms. The van der Waals surface area contributed by atoms with Crippen molar-refractivity contribution in [3.05, 3.63) is 45.1 Å². The summed E-state index contributed by atoms with van der Waals surface area (Å²) in [4.78, 5) is 31.2. The summed E-state index contributed by atoms with van der Waals surface area (Å²) < 4.78 is 13.7. The average Bonchev–Trinajstić information content (AvgIpc) is 3.12. The number of aromatic amines is 1. The van der Waals surface area contributed by atoms with Crippen LogP contribution in [0.4, 0.5) is 5.95 Å². The van der Waals surface area contributed by atoms with Gasteiger partial charge in [-0.1, -0.05) is 19.8 Å². The second kappa shape index (κ2) is 10.2. The molecule has 0 aliphatic heterocycles. The smallest absolute Gasteiger partial charge is 0.329 e. The van der Waals surface area contributed by atoms with E-state index in [1.165, 1.54) is 4.57 Å². The molecule has 168 valence electrons. The van der Waals surface area contributed by atoms with Crippen molar-refractivity contribution in [1.29, 1.82) is 0 Å². The van der Waals surface area contributed by atoms with Crippen LogP contribution >= 0.6 is 0 Å². The second-order valence-electron chi connectivity index (χ2n) is 7.31. The van der Waals surface area contributed by atoms with Crippen molar-refractivity contribution in [3.63, 3.8) is 0 Å². The number of benzene rings is 1. The van der Waals surface area contributed by atoms with Crippen LogP contribution in [0.1, 0.15) is 26.2 Å².